The number of halogens is 1. The highest BCUT2D eigenvalue weighted by molar-refractivity contribution is 14.0. The monoisotopic (exact) mass is 489 g/mol. The molecule has 152 valence electrons. The van der Waals surface area contributed by atoms with E-state index in [0.29, 0.717) is 18.3 Å². The molecular weight excluding hydrogens is 457 g/mol. The lowest BCUT2D eigenvalue weighted by atomic mass is 10.1. The maximum absolute atomic E-state index is 12.0. The number of hydrogen-bond acceptors (Lipinski definition) is 4. The molecule has 8 heteroatoms. The van der Waals surface area contributed by atoms with Crippen LogP contribution in [0.2, 0.25) is 0 Å². The van der Waals surface area contributed by atoms with Crippen LogP contribution < -0.4 is 16.0 Å². The lowest BCUT2D eigenvalue weighted by Gasteiger charge is -2.33. The number of likely N-dealkylation sites (tertiary alicyclic amines) is 1. The molecule has 1 saturated carbocycles. The van der Waals surface area contributed by atoms with Gasteiger partial charge in [0, 0.05) is 50.9 Å². The molecule has 2 heterocycles. The van der Waals surface area contributed by atoms with Gasteiger partial charge in [-0.1, -0.05) is 0 Å². The van der Waals surface area contributed by atoms with Crippen LogP contribution in [0.1, 0.15) is 48.2 Å². The van der Waals surface area contributed by atoms with Gasteiger partial charge in [0.15, 0.2) is 11.7 Å². The van der Waals surface area contributed by atoms with Gasteiger partial charge in [-0.25, -0.2) is 0 Å². The molecule has 0 spiro atoms. The molecule has 1 aromatic rings. The van der Waals surface area contributed by atoms with E-state index in [1.165, 1.54) is 45.0 Å². The summed E-state index contributed by atoms with van der Waals surface area (Å²) >= 11 is 0. The minimum Gasteiger partial charge on any atom is -0.459 e. The number of nitrogens with zero attached hydrogens (tertiary/aromatic N) is 2. The minimum atomic E-state index is -0.155. The largest absolute Gasteiger partial charge is 0.459 e. The Morgan fingerprint density at radius 3 is 2.52 bits per heavy atom. The number of carbonyl (C=O) groups is 1. The van der Waals surface area contributed by atoms with E-state index < -0.39 is 0 Å². The summed E-state index contributed by atoms with van der Waals surface area (Å²) in [5.41, 5.74) is 0.859. The molecule has 7 nitrogen and oxygen atoms in total. The summed E-state index contributed by atoms with van der Waals surface area (Å²) < 4.78 is 5.19. The normalized spacial score (nSPS) is 18.7. The first-order chi connectivity index (χ1) is 12.7. The molecule has 0 atom stereocenters. The van der Waals surface area contributed by atoms with Crippen molar-refractivity contribution >= 4 is 35.8 Å². The molecule has 2 aliphatic rings. The predicted octanol–water partition coefficient (Wildman–Crippen LogP) is 2.12. The molecule has 0 unspecified atom stereocenters. The third-order valence-corrected chi connectivity index (χ3v) is 5.16. The topological polar surface area (TPSA) is 81.9 Å². The quantitative estimate of drug-likeness (QED) is 0.237. The van der Waals surface area contributed by atoms with E-state index in [2.05, 4.69) is 25.8 Å². The second-order valence-electron chi connectivity index (χ2n) is 7.23. The molecule has 2 fully saturated rings. The molecule has 1 aliphatic heterocycles. The Morgan fingerprint density at radius 1 is 1.22 bits per heavy atom. The minimum absolute atomic E-state index is 0. The zero-order chi connectivity index (χ0) is 18.4. The molecule has 0 aromatic carbocycles. The SMILES string of the molecule is CN=C(NCCCNC(=O)c1occc1C)NC1CCN(C2CC2)CC1.I. The van der Waals surface area contributed by atoms with Gasteiger partial charge in [0.1, 0.15) is 0 Å². The smallest absolute Gasteiger partial charge is 0.287 e. The summed E-state index contributed by atoms with van der Waals surface area (Å²) in [7, 11) is 1.80. The number of nitrogens with one attached hydrogen (secondary N) is 3. The third kappa shape index (κ3) is 6.67. The maximum atomic E-state index is 12.0. The number of piperidine rings is 1. The van der Waals surface area contributed by atoms with Gasteiger partial charge in [0.2, 0.25) is 0 Å². The van der Waals surface area contributed by atoms with E-state index in [1.54, 1.807) is 13.1 Å². The molecule has 0 bridgehead atoms. The van der Waals surface area contributed by atoms with E-state index in [4.69, 9.17) is 4.42 Å². The molecule has 1 aromatic heterocycles. The highest BCUT2D eigenvalue weighted by Crippen LogP contribution is 2.29. The summed E-state index contributed by atoms with van der Waals surface area (Å²) in [6.07, 6.45) is 7.49. The Morgan fingerprint density at radius 2 is 1.93 bits per heavy atom. The lowest BCUT2D eigenvalue weighted by Crippen LogP contribution is -2.49. The molecule has 1 saturated heterocycles. The number of amides is 1. The predicted molar refractivity (Wildman–Crippen MR) is 118 cm³/mol. The maximum Gasteiger partial charge on any atom is 0.287 e. The molecular formula is C19H32IN5O2. The van der Waals surface area contributed by atoms with Crippen LogP contribution in [0.15, 0.2) is 21.7 Å². The van der Waals surface area contributed by atoms with E-state index in [1.807, 2.05) is 6.92 Å². The molecule has 1 amide bonds. The van der Waals surface area contributed by atoms with Crippen molar-refractivity contribution in [3.05, 3.63) is 23.7 Å². The number of aliphatic imine (C=N–C) groups is 1. The number of guanidine groups is 1. The highest BCUT2D eigenvalue weighted by Gasteiger charge is 2.31. The standard InChI is InChI=1S/C19H31N5O2.HI/c1-14-8-13-26-17(14)18(25)21-9-3-10-22-19(20-2)23-15-6-11-24(12-7-15)16-4-5-16;/h8,13,15-16H,3-7,9-12H2,1-2H3,(H,21,25)(H2,20,22,23);1H. The molecule has 27 heavy (non-hydrogen) atoms. The Hall–Kier alpha value is -1.29. The zero-order valence-corrected chi connectivity index (χ0v) is 18.6. The van der Waals surface area contributed by atoms with E-state index in [-0.39, 0.29) is 29.9 Å². The lowest BCUT2D eigenvalue weighted by molar-refractivity contribution is 0.0925. The van der Waals surface area contributed by atoms with Crippen molar-refractivity contribution in [3.63, 3.8) is 0 Å². The second kappa shape index (κ2) is 10.9. The van der Waals surface area contributed by atoms with Crippen LogP contribution in [0.5, 0.6) is 0 Å². The molecule has 3 N–H and O–H groups in total. The van der Waals surface area contributed by atoms with E-state index in [9.17, 15) is 4.79 Å². The van der Waals surface area contributed by atoms with Crippen LogP contribution in [0.4, 0.5) is 0 Å². The second-order valence-corrected chi connectivity index (χ2v) is 7.23. The Labute approximate surface area is 178 Å². The average molecular weight is 489 g/mol. The first kappa shape index (κ1) is 22.0. The molecule has 3 rings (SSSR count). The van der Waals surface area contributed by atoms with Crippen molar-refractivity contribution in [1.29, 1.82) is 0 Å². The third-order valence-electron chi connectivity index (χ3n) is 5.16. The fraction of sp³-hybridized carbons (Fsp3) is 0.684. The fourth-order valence-corrected chi connectivity index (χ4v) is 3.42. The van der Waals surface area contributed by atoms with Crippen molar-refractivity contribution in [2.75, 3.05) is 33.2 Å². The van der Waals surface area contributed by atoms with Gasteiger partial charge < -0.3 is 25.3 Å². The summed E-state index contributed by atoms with van der Waals surface area (Å²) in [6, 6.07) is 3.16. The fourth-order valence-electron chi connectivity index (χ4n) is 3.42. The van der Waals surface area contributed by atoms with Crippen LogP contribution >= 0.6 is 24.0 Å². The van der Waals surface area contributed by atoms with Gasteiger partial charge in [-0.3, -0.25) is 9.79 Å². The number of furan rings is 1. The number of hydrogen-bond donors (Lipinski definition) is 3. The van der Waals surface area contributed by atoms with E-state index in [0.717, 1.165) is 30.5 Å². The zero-order valence-electron chi connectivity index (χ0n) is 16.3. The van der Waals surface area contributed by atoms with Crippen molar-refractivity contribution in [2.24, 2.45) is 4.99 Å². The highest BCUT2D eigenvalue weighted by atomic mass is 127. The van der Waals surface area contributed by atoms with Crippen molar-refractivity contribution in [2.45, 2.75) is 51.1 Å². The van der Waals surface area contributed by atoms with Gasteiger partial charge in [0.05, 0.1) is 6.26 Å². The van der Waals surface area contributed by atoms with Crippen molar-refractivity contribution < 1.29 is 9.21 Å². The Balaban J connectivity index is 0.00000261. The van der Waals surface area contributed by atoms with Gasteiger partial charge in [-0.05, 0) is 45.1 Å². The van der Waals surface area contributed by atoms with Gasteiger partial charge in [0.25, 0.3) is 5.91 Å². The van der Waals surface area contributed by atoms with Crippen molar-refractivity contribution in [3.8, 4) is 0 Å². The molecule has 1 aliphatic carbocycles. The number of rotatable bonds is 7. The summed E-state index contributed by atoms with van der Waals surface area (Å²) in [5.74, 6) is 1.09. The van der Waals surface area contributed by atoms with Crippen LogP contribution in [-0.2, 0) is 0 Å². The summed E-state index contributed by atoms with van der Waals surface area (Å²) in [5, 5.41) is 9.74. The van der Waals surface area contributed by atoms with Gasteiger partial charge in [-0.15, -0.1) is 24.0 Å². The van der Waals surface area contributed by atoms with Crippen LogP contribution in [0.25, 0.3) is 0 Å². The number of aryl methyl sites for hydroxylation is 1. The Kier molecular flexibility index (Phi) is 8.88. The Bertz CT molecular complexity index is 621. The van der Waals surface area contributed by atoms with Gasteiger partial charge in [-0.2, -0.15) is 0 Å². The van der Waals surface area contributed by atoms with Crippen LogP contribution in [-0.4, -0.2) is 62.1 Å². The van der Waals surface area contributed by atoms with Crippen LogP contribution in [0, 0.1) is 6.92 Å². The summed E-state index contributed by atoms with van der Waals surface area (Å²) in [6.45, 7) is 5.61. The first-order valence-corrected chi connectivity index (χ1v) is 9.71. The van der Waals surface area contributed by atoms with E-state index >= 15 is 0 Å². The van der Waals surface area contributed by atoms with Crippen molar-refractivity contribution in [1.82, 2.24) is 20.9 Å². The molecule has 0 radical (unpaired) electrons. The number of carbonyl (C=O) groups excluding carboxylic acids is 1. The average Bonchev–Trinajstić information content (AvgIpc) is 3.41. The summed E-state index contributed by atoms with van der Waals surface area (Å²) in [4.78, 5) is 18.9. The van der Waals surface area contributed by atoms with Gasteiger partial charge >= 0.3 is 0 Å². The first-order valence-electron chi connectivity index (χ1n) is 9.71. The van der Waals surface area contributed by atoms with Crippen LogP contribution in [0.3, 0.4) is 0 Å².